The summed E-state index contributed by atoms with van der Waals surface area (Å²) < 4.78 is 35.9. The Hall–Kier alpha value is -1.31. The van der Waals surface area contributed by atoms with E-state index in [4.69, 9.17) is 5.48 Å². The fourth-order valence-electron chi connectivity index (χ4n) is 1.67. The lowest BCUT2D eigenvalue weighted by Gasteiger charge is -1.99. The van der Waals surface area contributed by atoms with Crippen LogP contribution >= 0.6 is 0 Å². The summed E-state index contributed by atoms with van der Waals surface area (Å²) in [7, 11) is 1.40. The van der Waals surface area contributed by atoms with E-state index < -0.39 is 12.7 Å². The Bertz CT molecular complexity index is 454. The minimum absolute atomic E-state index is 0.162. The Morgan fingerprint density at radius 2 is 1.67 bits per heavy atom. The minimum Gasteiger partial charge on any atom is -0.469 e. The van der Waals surface area contributed by atoms with Gasteiger partial charge in [-0.3, -0.25) is 4.79 Å². The van der Waals surface area contributed by atoms with Gasteiger partial charge in [-0.2, -0.15) is 0 Å². The van der Waals surface area contributed by atoms with Gasteiger partial charge >= 0.3 is 5.97 Å². The van der Waals surface area contributed by atoms with Crippen LogP contribution in [0, 0.1) is 0 Å². The number of methoxy groups -OCH3 is 1. The molecule has 0 aliphatic rings. The van der Waals surface area contributed by atoms with Gasteiger partial charge in [0.05, 0.1) is 7.11 Å². The second-order valence-electron chi connectivity index (χ2n) is 4.72. The van der Waals surface area contributed by atoms with E-state index in [1.807, 2.05) is 19.1 Å². The Morgan fingerprint density at radius 1 is 0.952 bits per heavy atom. The van der Waals surface area contributed by atoms with Crippen LogP contribution in [0.5, 0.6) is 0 Å². The molecule has 0 aromatic rings. The first-order valence-electron chi connectivity index (χ1n) is 9.82. The standard InChI is InChI=1S/C19H32O2/c1-3-4-5-6-7-8-9-10-11-12-13-14-15-16-17-18-19(20)21-2/h4-5,7-8,11-12H,3,6,9-10,13-18H2,1-2H3/b5-4-,8-7-,12-11-/i6D2,9D2. The van der Waals surface area contributed by atoms with E-state index in [9.17, 15) is 4.79 Å². The molecule has 0 aromatic carbocycles. The predicted octanol–water partition coefficient (Wildman–Crippen LogP) is 5.75. The van der Waals surface area contributed by atoms with Crippen molar-refractivity contribution in [3.05, 3.63) is 36.5 Å². The maximum absolute atomic E-state index is 10.9. The third kappa shape index (κ3) is 16.6. The van der Waals surface area contributed by atoms with Crippen molar-refractivity contribution in [1.82, 2.24) is 0 Å². The largest absolute Gasteiger partial charge is 0.469 e. The lowest BCUT2D eigenvalue weighted by Crippen LogP contribution is -1.98. The van der Waals surface area contributed by atoms with E-state index >= 15 is 0 Å². The first-order chi connectivity index (χ1) is 11.7. The SMILES string of the molecule is [2H]C([2H])(/C=C\CC)/C=C\C([2H])([2H])C/C=C\CCCCCCC(=O)OC. The Morgan fingerprint density at radius 3 is 2.43 bits per heavy atom. The van der Waals surface area contributed by atoms with E-state index in [2.05, 4.69) is 4.74 Å². The van der Waals surface area contributed by atoms with Crippen molar-refractivity contribution in [2.45, 2.75) is 71.0 Å². The predicted molar refractivity (Wildman–Crippen MR) is 91.3 cm³/mol. The molecule has 0 unspecified atom stereocenters. The minimum atomic E-state index is -1.61. The number of rotatable bonds is 13. The van der Waals surface area contributed by atoms with Crippen molar-refractivity contribution < 1.29 is 15.0 Å². The van der Waals surface area contributed by atoms with Crippen LogP contribution in [-0.2, 0) is 9.53 Å². The quantitative estimate of drug-likeness (QED) is 0.246. The Labute approximate surface area is 136 Å². The van der Waals surface area contributed by atoms with Crippen molar-refractivity contribution in [3.8, 4) is 0 Å². The average Bonchev–Trinajstić information content (AvgIpc) is 2.56. The molecule has 0 saturated heterocycles. The van der Waals surface area contributed by atoms with Gasteiger partial charge in [-0.25, -0.2) is 0 Å². The highest BCUT2D eigenvalue weighted by molar-refractivity contribution is 5.68. The van der Waals surface area contributed by atoms with Gasteiger partial charge in [-0.1, -0.05) is 56.2 Å². The van der Waals surface area contributed by atoms with Crippen LogP contribution in [0.2, 0.25) is 0 Å². The third-order valence-electron chi connectivity index (χ3n) is 2.88. The van der Waals surface area contributed by atoms with Gasteiger partial charge in [0.1, 0.15) is 0 Å². The number of hydrogen-bond donors (Lipinski definition) is 0. The topological polar surface area (TPSA) is 26.3 Å². The summed E-state index contributed by atoms with van der Waals surface area (Å²) in [4.78, 5) is 10.9. The molecule has 0 heterocycles. The molecule has 21 heavy (non-hydrogen) atoms. The molecule has 0 aliphatic heterocycles. The van der Waals surface area contributed by atoms with E-state index in [0.29, 0.717) is 6.42 Å². The zero-order valence-electron chi connectivity index (χ0n) is 17.4. The number of ether oxygens (including phenoxy) is 1. The van der Waals surface area contributed by atoms with E-state index in [1.165, 1.54) is 25.3 Å². The number of allylic oxidation sites excluding steroid dienone is 6. The molecule has 0 N–H and O–H groups in total. The molecule has 0 rings (SSSR count). The Kier molecular flexibility index (Phi) is 10.7. The van der Waals surface area contributed by atoms with E-state index in [0.717, 1.165) is 38.5 Å². The van der Waals surface area contributed by atoms with Crippen molar-refractivity contribution in [3.63, 3.8) is 0 Å². The van der Waals surface area contributed by atoms with Gasteiger partial charge in [0.25, 0.3) is 0 Å². The molecular formula is C19H32O2. The van der Waals surface area contributed by atoms with Gasteiger partial charge in [0, 0.05) is 11.9 Å². The lowest BCUT2D eigenvalue weighted by molar-refractivity contribution is -0.140. The molecule has 0 fully saturated rings. The summed E-state index contributed by atoms with van der Waals surface area (Å²) in [6.45, 7) is 1.93. The van der Waals surface area contributed by atoms with E-state index in [1.54, 1.807) is 6.08 Å². The van der Waals surface area contributed by atoms with Gasteiger partial charge < -0.3 is 4.74 Å². The average molecular weight is 296 g/mol. The summed E-state index contributed by atoms with van der Waals surface area (Å²) in [6, 6.07) is 0. The van der Waals surface area contributed by atoms with Crippen LogP contribution in [-0.4, -0.2) is 13.1 Å². The first-order valence-corrected chi connectivity index (χ1v) is 7.82. The summed E-state index contributed by atoms with van der Waals surface area (Å²) in [6.07, 6.45) is 12.7. The zero-order valence-corrected chi connectivity index (χ0v) is 13.4. The van der Waals surface area contributed by atoms with E-state index in [-0.39, 0.29) is 12.4 Å². The summed E-state index contributed by atoms with van der Waals surface area (Å²) in [5.41, 5.74) is 0. The molecular weight excluding hydrogens is 260 g/mol. The van der Waals surface area contributed by atoms with Crippen molar-refractivity contribution in [2.75, 3.05) is 7.11 Å². The zero-order chi connectivity index (χ0) is 19.2. The Balaban J connectivity index is 3.98. The third-order valence-corrected chi connectivity index (χ3v) is 2.88. The lowest BCUT2D eigenvalue weighted by atomic mass is 10.1. The van der Waals surface area contributed by atoms with Crippen LogP contribution < -0.4 is 0 Å². The van der Waals surface area contributed by atoms with Crippen LogP contribution in [0.15, 0.2) is 36.5 Å². The molecule has 0 saturated carbocycles. The number of hydrogen-bond acceptors (Lipinski definition) is 2. The van der Waals surface area contributed by atoms with Gasteiger partial charge in [-0.15, -0.1) is 0 Å². The van der Waals surface area contributed by atoms with Gasteiger partial charge in [-0.05, 0) is 44.8 Å². The smallest absolute Gasteiger partial charge is 0.305 e. The highest BCUT2D eigenvalue weighted by Crippen LogP contribution is 2.07. The molecule has 2 nitrogen and oxygen atoms in total. The van der Waals surface area contributed by atoms with Crippen molar-refractivity contribution in [2.24, 2.45) is 0 Å². The molecule has 0 spiro atoms. The molecule has 0 aromatic heterocycles. The second kappa shape index (κ2) is 16.7. The summed E-state index contributed by atoms with van der Waals surface area (Å²) in [5.74, 6) is -0.162. The second-order valence-corrected chi connectivity index (χ2v) is 4.72. The first kappa shape index (κ1) is 13.4. The number of carbonyl (C=O) groups excluding carboxylic acids is 1. The highest BCUT2D eigenvalue weighted by atomic mass is 16.5. The highest BCUT2D eigenvalue weighted by Gasteiger charge is 1.98. The van der Waals surface area contributed by atoms with Gasteiger partial charge in [0.15, 0.2) is 0 Å². The fourth-order valence-corrected chi connectivity index (χ4v) is 1.67. The van der Waals surface area contributed by atoms with Crippen molar-refractivity contribution in [1.29, 1.82) is 0 Å². The molecule has 0 atom stereocenters. The van der Waals surface area contributed by atoms with Gasteiger partial charge in [0.2, 0.25) is 0 Å². The van der Waals surface area contributed by atoms with Crippen LogP contribution in [0.1, 0.15) is 76.5 Å². The van der Waals surface area contributed by atoms with Crippen LogP contribution in [0.4, 0.5) is 0 Å². The normalized spacial score (nSPS) is 16.1. The fraction of sp³-hybridized carbons (Fsp3) is 0.632. The molecule has 0 aliphatic carbocycles. The molecule has 120 valence electrons. The molecule has 0 bridgehead atoms. The number of unbranched alkanes of at least 4 members (excludes halogenated alkanes) is 4. The summed E-state index contributed by atoms with van der Waals surface area (Å²) >= 11 is 0. The van der Waals surface area contributed by atoms with Crippen LogP contribution in [0.3, 0.4) is 0 Å². The monoisotopic (exact) mass is 296 g/mol. The molecule has 2 heteroatoms. The van der Waals surface area contributed by atoms with Crippen LogP contribution in [0.25, 0.3) is 0 Å². The number of carbonyl (C=O) groups is 1. The number of esters is 1. The molecule has 0 radical (unpaired) electrons. The van der Waals surface area contributed by atoms with Crippen molar-refractivity contribution >= 4 is 5.97 Å². The molecule has 0 amide bonds. The maximum atomic E-state index is 10.9. The summed E-state index contributed by atoms with van der Waals surface area (Å²) in [5, 5.41) is 0. The maximum Gasteiger partial charge on any atom is 0.305 e.